The van der Waals surface area contributed by atoms with Crippen molar-refractivity contribution in [3.8, 4) is 0 Å². The van der Waals surface area contributed by atoms with Crippen LogP contribution in [0.4, 0.5) is 0 Å². The van der Waals surface area contributed by atoms with Gasteiger partial charge in [-0.3, -0.25) is 4.79 Å². The van der Waals surface area contributed by atoms with E-state index < -0.39 is 0 Å². The highest BCUT2D eigenvalue weighted by Gasteiger charge is 2.06. The molecule has 0 N–H and O–H groups in total. The van der Waals surface area contributed by atoms with Crippen molar-refractivity contribution in [2.24, 2.45) is 12.0 Å². The first kappa shape index (κ1) is 15.2. The lowest BCUT2D eigenvalue weighted by atomic mass is 10.1. The van der Waals surface area contributed by atoms with Crippen molar-refractivity contribution in [2.45, 2.75) is 12.8 Å². The van der Waals surface area contributed by atoms with Crippen molar-refractivity contribution >= 4 is 43.4 Å². The van der Waals surface area contributed by atoms with E-state index in [0.717, 1.165) is 31.5 Å². The predicted molar refractivity (Wildman–Crippen MR) is 93.8 cm³/mol. The summed E-state index contributed by atoms with van der Waals surface area (Å²) in [6, 6.07) is 16.1. The van der Waals surface area contributed by atoms with E-state index in [4.69, 9.17) is 0 Å². The fourth-order valence-electron chi connectivity index (χ4n) is 2.27. The third kappa shape index (κ3) is 3.36. The van der Waals surface area contributed by atoms with E-state index in [0.29, 0.717) is 6.42 Å². The monoisotopic (exact) mass is 374 g/mol. The first-order valence-corrected chi connectivity index (χ1v) is 8.61. The first-order chi connectivity index (χ1) is 10.6. The van der Waals surface area contributed by atoms with E-state index in [1.807, 2.05) is 60.1 Å². The van der Waals surface area contributed by atoms with Gasteiger partial charge in [0.15, 0.2) is 4.80 Å². The molecule has 3 nitrogen and oxygen atoms in total. The molecule has 22 heavy (non-hydrogen) atoms. The number of halogens is 1. The van der Waals surface area contributed by atoms with Crippen molar-refractivity contribution in [1.29, 1.82) is 0 Å². The number of rotatable bonds is 3. The molecule has 0 radical (unpaired) electrons. The molecule has 3 aromatic rings. The maximum Gasteiger partial charge on any atom is 0.248 e. The van der Waals surface area contributed by atoms with Gasteiger partial charge in [0, 0.05) is 17.9 Å². The molecule has 0 spiro atoms. The van der Waals surface area contributed by atoms with Crippen LogP contribution in [0.5, 0.6) is 0 Å². The SMILES string of the molecule is Cn1c(=NC(=O)CCc2ccccc2)sc2cc(Br)ccc21. The Kier molecular flexibility index (Phi) is 4.55. The molecule has 1 aromatic heterocycles. The van der Waals surface area contributed by atoms with E-state index in [9.17, 15) is 4.79 Å². The maximum atomic E-state index is 12.1. The van der Waals surface area contributed by atoms with Crippen molar-refractivity contribution in [3.05, 3.63) is 63.4 Å². The van der Waals surface area contributed by atoms with Gasteiger partial charge in [0.1, 0.15) is 0 Å². The summed E-state index contributed by atoms with van der Waals surface area (Å²) < 4.78 is 4.11. The molecule has 0 unspecified atom stereocenters. The van der Waals surface area contributed by atoms with Crippen LogP contribution in [0.1, 0.15) is 12.0 Å². The molecule has 3 rings (SSSR count). The van der Waals surface area contributed by atoms with Crippen molar-refractivity contribution < 1.29 is 4.79 Å². The van der Waals surface area contributed by atoms with Crippen molar-refractivity contribution in [1.82, 2.24) is 4.57 Å². The second-order valence-corrected chi connectivity index (χ2v) is 6.97. The van der Waals surface area contributed by atoms with Crippen LogP contribution in [0, 0.1) is 0 Å². The molecule has 112 valence electrons. The lowest BCUT2D eigenvalue weighted by Gasteiger charge is -1.98. The Morgan fingerprint density at radius 2 is 2.00 bits per heavy atom. The molecule has 5 heteroatoms. The molecule has 1 heterocycles. The normalized spacial score (nSPS) is 12.0. The fourth-order valence-corrected chi connectivity index (χ4v) is 3.86. The van der Waals surface area contributed by atoms with E-state index in [1.54, 1.807) is 0 Å². The lowest BCUT2D eigenvalue weighted by molar-refractivity contribution is -0.118. The molecule has 0 aliphatic heterocycles. The van der Waals surface area contributed by atoms with Crippen LogP contribution in [-0.2, 0) is 18.3 Å². The van der Waals surface area contributed by atoms with Gasteiger partial charge in [-0.25, -0.2) is 0 Å². The zero-order valence-electron chi connectivity index (χ0n) is 12.1. The summed E-state index contributed by atoms with van der Waals surface area (Å²) in [5.74, 6) is -0.0786. The van der Waals surface area contributed by atoms with Crippen LogP contribution in [0.3, 0.4) is 0 Å². The minimum atomic E-state index is -0.0786. The highest BCUT2D eigenvalue weighted by molar-refractivity contribution is 9.10. The number of thiazole rings is 1. The highest BCUT2D eigenvalue weighted by atomic mass is 79.9. The Morgan fingerprint density at radius 1 is 1.23 bits per heavy atom. The number of carbonyl (C=O) groups is 1. The molecule has 0 aliphatic rings. The standard InChI is InChI=1S/C17H15BrN2OS/c1-20-14-9-8-13(18)11-15(14)22-17(20)19-16(21)10-7-12-5-3-2-4-6-12/h2-6,8-9,11H,7,10H2,1H3. The van der Waals surface area contributed by atoms with Crippen molar-refractivity contribution in [3.63, 3.8) is 0 Å². The van der Waals surface area contributed by atoms with Gasteiger partial charge in [-0.05, 0) is 30.2 Å². The summed E-state index contributed by atoms with van der Waals surface area (Å²) in [4.78, 5) is 17.1. The Bertz CT molecular complexity index is 881. The summed E-state index contributed by atoms with van der Waals surface area (Å²) in [6.07, 6.45) is 1.16. The minimum absolute atomic E-state index is 0.0786. The Balaban J connectivity index is 1.82. The molecular weight excluding hydrogens is 360 g/mol. The van der Waals surface area contributed by atoms with Crippen molar-refractivity contribution in [2.75, 3.05) is 0 Å². The van der Waals surface area contributed by atoms with E-state index in [1.165, 1.54) is 11.3 Å². The average molecular weight is 375 g/mol. The second kappa shape index (κ2) is 6.58. The zero-order valence-corrected chi connectivity index (χ0v) is 14.5. The van der Waals surface area contributed by atoms with Gasteiger partial charge in [-0.15, -0.1) is 0 Å². The van der Waals surface area contributed by atoms with Gasteiger partial charge in [0.2, 0.25) is 5.91 Å². The maximum absolute atomic E-state index is 12.1. The second-order valence-electron chi connectivity index (χ2n) is 5.05. The summed E-state index contributed by atoms with van der Waals surface area (Å²) in [5, 5.41) is 0. The number of amides is 1. The number of nitrogens with zero attached hydrogens (tertiary/aromatic N) is 2. The predicted octanol–water partition coefficient (Wildman–Crippen LogP) is 4.06. The number of fused-ring (bicyclic) bond motifs is 1. The van der Waals surface area contributed by atoms with E-state index >= 15 is 0 Å². The molecule has 1 amide bonds. The van der Waals surface area contributed by atoms with Crippen LogP contribution in [0.2, 0.25) is 0 Å². The smallest absolute Gasteiger partial charge is 0.248 e. The molecule has 0 fully saturated rings. The summed E-state index contributed by atoms with van der Waals surface area (Å²) in [7, 11) is 1.94. The molecule has 0 atom stereocenters. The van der Waals surface area contributed by atoms with Crippen LogP contribution in [-0.4, -0.2) is 10.5 Å². The summed E-state index contributed by atoms with van der Waals surface area (Å²) in [6.45, 7) is 0. The quantitative estimate of drug-likeness (QED) is 0.680. The molecule has 0 saturated heterocycles. The minimum Gasteiger partial charge on any atom is -0.319 e. The van der Waals surface area contributed by atoms with Gasteiger partial charge < -0.3 is 4.57 Å². The van der Waals surface area contributed by atoms with Gasteiger partial charge in [0.25, 0.3) is 0 Å². The van der Waals surface area contributed by atoms with Crippen LogP contribution in [0.25, 0.3) is 10.2 Å². The molecule has 2 aromatic carbocycles. The largest absolute Gasteiger partial charge is 0.319 e. The number of hydrogen-bond acceptors (Lipinski definition) is 2. The summed E-state index contributed by atoms with van der Waals surface area (Å²) in [5.41, 5.74) is 2.25. The highest BCUT2D eigenvalue weighted by Crippen LogP contribution is 2.21. The summed E-state index contributed by atoms with van der Waals surface area (Å²) >= 11 is 5.00. The Labute approximate surface area is 141 Å². The molecule has 0 saturated carbocycles. The zero-order chi connectivity index (χ0) is 15.5. The van der Waals surface area contributed by atoms with E-state index in [2.05, 4.69) is 20.9 Å². The van der Waals surface area contributed by atoms with Gasteiger partial charge in [0.05, 0.1) is 10.2 Å². The fraction of sp³-hybridized carbons (Fsp3) is 0.176. The van der Waals surface area contributed by atoms with Gasteiger partial charge in [-0.1, -0.05) is 57.6 Å². The number of benzene rings is 2. The average Bonchev–Trinajstić information content (AvgIpc) is 2.82. The molecule has 0 bridgehead atoms. The third-order valence-corrected chi connectivity index (χ3v) is 5.05. The molecular formula is C17H15BrN2OS. The number of aryl methyl sites for hydroxylation is 2. The van der Waals surface area contributed by atoms with Gasteiger partial charge >= 0.3 is 0 Å². The van der Waals surface area contributed by atoms with Crippen LogP contribution in [0.15, 0.2) is 58.0 Å². The Morgan fingerprint density at radius 3 is 2.77 bits per heavy atom. The number of hydrogen-bond donors (Lipinski definition) is 0. The number of carbonyl (C=O) groups excluding carboxylic acids is 1. The van der Waals surface area contributed by atoms with Crippen LogP contribution >= 0.6 is 27.3 Å². The number of aromatic nitrogens is 1. The topological polar surface area (TPSA) is 34.4 Å². The van der Waals surface area contributed by atoms with E-state index in [-0.39, 0.29) is 5.91 Å². The Hall–Kier alpha value is -1.72. The molecule has 0 aliphatic carbocycles. The first-order valence-electron chi connectivity index (χ1n) is 7.00. The van der Waals surface area contributed by atoms with Gasteiger partial charge in [-0.2, -0.15) is 4.99 Å². The third-order valence-electron chi connectivity index (χ3n) is 3.46. The van der Waals surface area contributed by atoms with Crippen LogP contribution < -0.4 is 4.80 Å². The lowest BCUT2D eigenvalue weighted by Crippen LogP contribution is -2.13.